The summed E-state index contributed by atoms with van der Waals surface area (Å²) in [4.78, 5) is 0. The maximum Gasteiger partial charge on any atom is 0.200 e. The molecule has 0 aliphatic heterocycles. The van der Waals surface area contributed by atoms with Gasteiger partial charge in [-0.3, -0.25) is 0 Å². The van der Waals surface area contributed by atoms with Gasteiger partial charge >= 0.3 is 0 Å². The minimum atomic E-state index is -0.980. The van der Waals surface area contributed by atoms with Crippen molar-refractivity contribution in [2.24, 2.45) is 0 Å². The molecular weight excluding hydrogens is 332 g/mol. The molecule has 108 valence electrons. The summed E-state index contributed by atoms with van der Waals surface area (Å²) in [6.07, 6.45) is 1.28. The van der Waals surface area contributed by atoms with Gasteiger partial charge in [-0.25, -0.2) is 4.39 Å². The first-order valence-electron chi connectivity index (χ1n) is 6.10. The molecule has 0 aliphatic rings. The molecule has 2 rings (SSSR count). The van der Waals surface area contributed by atoms with Crippen LogP contribution in [0.25, 0.3) is 0 Å². The van der Waals surface area contributed by atoms with Crippen molar-refractivity contribution in [1.82, 2.24) is 5.32 Å². The number of halogens is 3. The Morgan fingerprint density at radius 2 is 2.20 bits per heavy atom. The highest BCUT2D eigenvalue weighted by atomic mass is 79.9. The zero-order valence-corrected chi connectivity index (χ0v) is 12.4. The van der Waals surface area contributed by atoms with Gasteiger partial charge in [0.2, 0.25) is 5.82 Å². The fourth-order valence-electron chi connectivity index (χ4n) is 1.69. The van der Waals surface area contributed by atoms with Gasteiger partial charge in [0.1, 0.15) is 11.9 Å². The van der Waals surface area contributed by atoms with E-state index in [1.807, 2.05) is 6.07 Å². The lowest BCUT2D eigenvalue weighted by atomic mass is 10.3. The van der Waals surface area contributed by atoms with Gasteiger partial charge in [0.15, 0.2) is 11.6 Å². The van der Waals surface area contributed by atoms with Gasteiger partial charge in [0.05, 0.1) is 12.8 Å². The van der Waals surface area contributed by atoms with E-state index in [4.69, 9.17) is 9.15 Å². The van der Waals surface area contributed by atoms with E-state index in [2.05, 4.69) is 21.2 Å². The van der Waals surface area contributed by atoms with Crippen LogP contribution in [0.15, 0.2) is 39.4 Å². The average molecular weight is 346 g/mol. The first kappa shape index (κ1) is 15.0. The Hall–Kier alpha value is -1.40. The molecular formula is C14H14BrF2NO2. The number of ether oxygens (including phenoxy) is 1. The number of hydrogen-bond donors (Lipinski definition) is 1. The van der Waals surface area contributed by atoms with Crippen LogP contribution in [0.2, 0.25) is 0 Å². The van der Waals surface area contributed by atoms with Crippen molar-refractivity contribution in [2.45, 2.75) is 19.6 Å². The molecule has 1 aromatic heterocycles. The van der Waals surface area contributed by atoms with Crippen molar-refractivity contribution in [3.8, 4) is 5.75 Å². The van der Waals surface area contributed by atoms with E-state index in [1.165, 1.54) is 6.07 Å². The first-order valence-corrected chi connectivity index (χ1v) is 6.90. The Labute approximate surface area is 124 Å². The second kappa shape index (κ2) is 6.85. The van der Waals surface area contributed by atoms with Crippen molar-refractivity contribution >= 4 is 15.9 Å². The molecule has 0 spiro atoms. The van der Waals surface area contributed by atoms with Crippen LogP contribution in [0.3, 0.4) is 0 Å². The summed E-state index contributed by atoms with van der Waals surface area (Å²) in [6, 6.07) is 6.11. The van der Waals surface area contributed by atoms with Crippen LogP contribution in [0.1, 0.15) is 12.7 Å². The summed E-state index contributed by atoms with van der Waals surface area (Å²) in [5.74, 6) is -1.22. The summed E-state index contributed by atoms with van der Waals surface area (Å²) >= 11 is 3.10. The normalized spacial score (nSPS) is 12.4. The summed E-state index contributed by atoms with van der Waals surface area (Å²) in [5.41, 5.74) is 0. The first-order chi connectivity index (χ1) is 9.56. The minimum absolute atomic E-state index is 0.107. The van der Waals surface area contributed by atoms with Gasteiger partial charge in [-0.2, -0.15) is 4.39 Å². The number of hydrogen-bond acceptors (Lipinski definition) is 3. The van der Waals surface area contributed by atoms with E-state index in [1.54, 1.807) is 19.3 Å². The van der Waals surface area contributed by atoms with Crippen molar-refractivity contribution < 1.29 is 17.9 Å². The highest BCUT2D eigenvalue weighted by molar-refractivity contribution is 9.10. The van der Waals surface area contributed by atoms with Crippen LogP contribution >= 0.6 is 15.9 Å². The lowest BCUT2D eigenvalue weighted by molar-refractivity contribution is 0.203. The largest absolute Gasteiger partial charge is 0.486 e. The second-order valence-corrected chi connectivity index (χ2v) is 5.25. The van der Waals surface area contributed by atoms with E-state index < -0.39 is 11.6 Å². The molecule has 1 N–H and O–H groups in total. The summed E-state index contributed by atoms with van der Waals surface area (Å²) in [7, 11) is 0. The van der Waals surface area contributed by atoms with Gasteiger partial charge < -0.3 is 14.5 Å². The van der Waals surface area contributed by atoms with E-state index in [0.717, 1.165) is 11.8 Å². The average Bonchev–Trinajstić information content (AvgIpc) is 2.88. The highest BCUT2D eigenvalue weighted by Gasteiger charge is 2.14. The number of furan rings is 1. The smallest absolute Gasteiger partial charge is 0.200 e. The third-order valence-corrected chi connectivity index (χ3v) is 3.06. The maximum atomic E-state index is 13.5. The fourth-order valence-corrected chi connectivity index (χ4v) is 2.10. The SMILES string of the molecule is CC(CNCc1ccco1)Oc1cc(Br)cc(F)c1F. The van der Waals surface area contributed by atoms with E-state index >= 15 is 0 Å². The van der Waals surface area contributed by atoms with Crippen LogP contribution in [-0.4, -0.2) is 12.6 Å². The molecule has 1 heterocycles. The molecule has 6 heteroatoms. The molecule has 0 aliphatic carbocycles. The quantitative estimate of drug-likeness (QED) is 0.807. The molecule has 2 aromatic rings. The standard InChI is InChI=1S/C14H14BrF2NO2/c1-9(7-18-8-11-3-2-4-19-11)20-13-6-10(15)5-12(16)14(13)17/h2-6,9,18H,7-8H2,1H3. The van der Waals surface area contributed by atoms with Crippen LogP contribution in [0.4, 0.5) is 8.78 Å². The molecule has 3 nitrogen and oxygen atoms in total. The molecule has 0 saturated carbocycles. The number of benzene rings is 1. The van der Waals surface area contributed by atoms with Crippen molar-refractivity contribution in [1.29, 1.82) is 0 Å². The molecule has 1 aromatic carbocycles. The van der Waals surface area contributed by atoms with Crippen LogP contribution in [-0.2, 0) is 6.54 Å². The van der Waals surface area contributed by atoms with Gasteiger partial charge in [-0.1, -0.05) is 15.9 Å². The molecule has 0 bridgehead atoms. The Morgan fingerprint density at radius 1 is 1.40 bits per heavy atom. The van der Waals surface area contributed by atoms with E-state index in [0.29, 0.717) is 17.6 Å². The predicted molar refractivity (Wildman–Crippen MR) is 74.6 cm³/mol. The number of nitrogens with one attached hydrogen (secondary N) is 1. The monoisotopic (exact) mass is 345 g/mol. The van der Waals surface area contributed by atoms with Crippen LogP contribution < -0.4 is 10.1 Å². The van der Waals surface area contributed by atoms with Gasteiger partial charge in [0, 0.05) is 11.0 Å². The number of rotatable bonds is 6. The van der Waals surface area contributed by atoms with Gasteiger partial charge in [-0.15, -0.1) is 0 Å². The molecule has 0 amide bonds. The van der Waals surface area contributed by atoms with Crippen LogP contribution in [0, 0.1) is 11.6 Å². The Bertz CT molecular complexity index is 561. The lowest BCUT2D eigenvalue weighted by Gasteiger charge is -2.16. The van der Waals surface area contributed by atoms with E-state index in [-0.39, 0.29) is 11.9 Å². The molecule has 1 atom stereocenters. The fraction of sp³-hybridized carbons (Fsp3) is 0.286. The predicted octanol–water partition coefficient (Wildman–Crippen LogP) is 3.88. The summed E-state index contributed by atoms with van der Waals surface area (Å²) in [5, 5.41) is 3.11. The topological polar surface area (TPSA) is 34.4 Å². The summed E-state index contributed by atoms with van der Waals surface area (Å²) in [6.45, 7) is 2.80. The van der Waals surface area contributed by atoms with Crippen molar-refractivity contribution in [2.75, 3.05) is 6.54 Å². The zero-order valence-electron chi connectivity index (χ0n) is 10.8. The third-order valence-electron chi connectivity index (χ3n) is 2.60. The minimum Gasteiger partial charge on any atom is -0.486 e. The molecule has 20 heavy (non-hydrogen) atoms. The van der Waals surface area contributed by atoms with Crippen molar-refractivity contribution in [3.63, 3.8) is 0 Å². The molecule has 1 unspecified atom stereocenters. The van der Waals surface area contributed by atoms with Gasteiger partial charge in [-0.05, 0) is 31.2 Å². The molecule has 0 fully saturated rings. The zero-order chi connectivity index (χ0) is 14.5. The Morgan fingerprint density at radius 3 is 2.90 bits per heavy atom. The Balaban J connectivity index is 1.86. The molecule has 0 radical (unpaired) electrons. The van der Waals surface area contributed by atoms with Crippen LogP contribution in [0.5, 0.6) is 5.75 Å². The maximum absolute atomic E-state index is 13.5. The lowest BCUT2D eigenvalue weighted by Crippen LogP contribution is -2.28. The van der Waals surface area contributed by atoms with Crippen molar-refractivity contribution in [3.05, 3.63) is 52.4 Å². The van der Waals surface area contributed by atoms with Gasteiger partial charge in [0.25, 0.3) is 0 Å². The molecule has 0 saturated heterocycles. The van der Waals surface area contributed by atoms with E-state index in [9.17, 15) is 8.78 Å². The third kappa shape index (κ3) is 4.05. The second-order valence-electron chi connectivity index (χ2n) is 4.34. The Kier molecular flexibility index (Phi) is 5.14. The highest BCUT2D eigenvalue weighted by Crippen LogP contribution is 2.26. The summed E-state index contributed by atoms with van der Waals surface area (Å²) < 4.78 is 37.7.